The maximum atomic E-state index is 14.3. The van der Waals surface area contributed by atoms with Gasteiger partial charge in [0.15, 0.2) is 23.0 Å². The molecule has 1 N–H and O–H groups in total. The molecule has 4 atom stereocenters. The smallest absolute Gasteiger partial charge is 0.370 e. The minimum absolute atomic E-state index is 0.00628. The lowest BCUT2D eigenvalue weighted by Gasteiger charge is -2.43. The van der Waals surface area contributed by atoms with Gasteiger partial charge in [-0.25, -0.2) is 8.78 Å². The zero-order valence-electron chi connectivity index (χ0n) is 21.5. The van der Waals surface area contributed by atoms with Crippen molar-refractivity contribution in [2.45, 2.75) is 94.7 Å². The van der Waals surface area contributed by atoms with E-state index in [0.29, 0.717) is 0 Å². The van der Waals surface area contributed by atoms with Crippen molar-refractivity contribution in [3.8, 4) is 0 Å². The van der Waals surface area contributed by atoms with E-state index >= 15 is 0 Å². The SMILES string of the molecule is CC1(C)O[C@@H]2C[C@@](OCc3cccc(C(F)(F)F)c3)(C(=O)NC3CC3)CC(OCc3cccc(F)c3F)[C@@H]2O1. The Bertz CT molecular complexity index is 1220. The molecule has 2 saturated carbocycles. The summed E-state index contributed by atoms with van der Waals surface area (Å²) in [5.74, 6) is -3.48. The lowest BCUT2D eigenvalue weighted by Crippen LogP contribution is -2.60. The number of amides is 1. The molecule has 0 bridgehead atoms. The number of benzene rings is 2. The number of hydrogen-bond acceptors (Lipinski definition) is 5. The normalized spacial score (nSPS) is 28.2. The van der Waals surface area contributed by atoms with E-state index in [4.69, 9.17) is 18.9 Å². The van der Waals surface area contributed by atoms with Gasteiger partial charge in [0.2, 0.25) is 0 Å². The van der Waals surface area contributed by atoms with Crippen molar-refractivity contribution in [3.05, 3.63) is 70.8 Å². The van der Waals surface area contributed by atoms with Crippen LogP contribution >= 0.6 is 0 Å². The lowest BCUT2D eigenvalue weighted by atomic mass is 9.78. The van der Waals surface area contributed by atoms with Crippen molar-refractivity contribution in [2.75, 3.05) is 0 Å². The van der Waals surface area contributed by atoms with Gasteiger partial charge in [-0.2, -0.15) is 13.2 Å². The number of fused-ring (bicyclic) bond motifs is 1. The number of alkyl halides is 3. The molecule has 0 aromatic heterocycles. The number of rotatable bonds is 8. The van der Waals surface area contributed by atoms with Crippen LogP contribution in [0.2, 0.25) is 0 Å². The first-order valence-corrected chi connectivity index (χ1v) is 12.9. The maximum absolute atomic E-state index is 14.3. The van der Waals surface area contributed by atoms with Gasteiger partial charge in [-0.05, 0) is 50.5 Å². The van der Waals surface area contributed by atoms with Crippen LogP contribution in [-0.2, 0) is 43.1 Å². The Balaban J connectivity index is 1.42. The summed E-state index contributed by atoms with van der Waals surface area (Å²) in [7, 11) is 0. The standard InChI is InChI=1S/C28H30F5NO5/c1-26(2)38-22-13-27(25(35)34-19-9-10-19,37-14-16-5-3-7-18(11-16)28(31,32)33)12-21(24(22)39-26)36-15-17-6-4-8-20(29)23(17)30/h3-8,11,19,21-22,24H,9-10,12-15H2,1-2H3,(H,34,35)/t21?,22-,24+,27-/m1/s1. The molecule has 1 aliphatic heterocycles. The summed E-state index contributed by atoms with van der Waals surface area (Å²) in [4.78, 5) is 13.6. The Kier molecular flexibility index (Phi) is 7.47. The highest BCUT2D eigenvalue weighted by Crippen LogP contribution is 2.45. The van der Waals surface area contributed by atoms with Crippen LogP contribution in [0.3, 0.4) is 0 Å². The maximum Gasteiger partial charge on any atom is 0.416 e. The van der Waals surface area contributed by atoms with Gasteiger partial charge in [0.25, 0.3) is 5.91 Å². The Morgan fingerprint density at radius 3 is 2.51 bits per heavy atom. The number of ether oxygens (including phenoxy) is 4. The van der Waals surface area contributed by atoms with Crippen LogP contribution in [0.15, 0.2) is 42.5 Å². The highest BCUT2D eigenvalue weighted by molar-refractivity contribution is 5.86. The third kappa shape index (κ3) is 6.26. The van der Waals surface area contributed by atoms with E-state index < -0.39 is 59.0 Å². The van der Waals surface area contributed by atoms with Crippen molar-refractivity contribution in [1.82, 2.24) is 5.32 Å². The highest BCUT2D eigenvalue weighted by atomic mass is 19.4. The molecule has 11 heteroatoms. The van der Waals surface area contributed by atoms with Crippen LogP contribution in [0.5, 0.6) is 0 Å². The van der Waals surface area contributed by atoms with Gasteiger partial charge in [-0.15, -0.1) is 0 Å². The molecule has 1 heterocycles. The summed E-state index contributed by atoms with van der Waals surface area (Å²) in [6.07, 6.45) is -4.95. The van der Waals surface area contributed by atoms with E-state index in [9.17, 15) is 26.7 Å². The fourth-order valence-electron chi connectivity index (χ4n) is 5.17. The highest BCUT2D eigenvalue weighted by Gasteiger charge is 2.58. The van der Waals surface area contributed by atoms with Crippen LogP contribution in [0.4, 0.5) is 22.0 Å². The number of carbonyl (C=O) groups excluding carboxylic acids is 1. The van der Waals surface area contributed by atoms with Gasteiger partial charge >= 0.3 is 6.18 Å². The van der Waals surface area contributed by atoms with Gasteiger partial charge < -0.3 is 24.3 Å². The zero-order chi connectivity index (χ0) is 28.0. The van der Waals surface area contributed by atoms with Crippen molar-refractivity contribution >= 4 is 5.91 Å². The Hall–Kier alpha value is -2.60. The second-order valence-corrected chi connectivity index (χ2v) is 10.8. The lowest BCUT2D eigenvalue weighted by molar-refractivity contribution is -0.183. The van der Waals surface area contributed by atoms with Gasteiger partial charge in [-0.1, -0.05) is 24.3 Å². The van der Waals surface area contributed by atoms with E-state index in [1.54, 1.807) is 13.8 Å². The van der Waals surface area contributed by atoms with Crippen LogP contribution in [0.25, 0.3) is 0 Å². The fourth-order valence-corrected chi connectivity index (χ4v) is 5.17. The molecule has 3 fully saturated rings. The first-order valence-electron chi connectivity index (χ1n) is 12.9. The van der Waals surface area contributed by atoms with Crippen LogP contribution in [-0.4, -0.2) is 41.6 Å². The van der Waals surface area contributed by atoms with E-state index in [2.05, 4.69) is 5.32 Å². The molecule has 1 unspecified atom stereocenters. The predicted molar refractivity (Wildman–Crippen MR) is 128 cm³/mol. The largest absolute Gasteiger partial charge is 0.416 e. The minimum Gasteiger partial charge on any atom is -0.370 e. The molecule has 2 aromatic carbocycles. The van der Waals surface area contributed by atoms with E-state index in [0.717, 1.165) is 31.0 Å². The molecule has 3 aliphatic rings. The van der Waals surface area contributed by atoms with Crippen molar-refractivity contribution < 1.29 is 45.7 Å². The summed E-state index contributed by atoms with van der Waals surface area (Å²) >= 11 is 0. The van der Waals surface area contributed by atoms with E-state index in [1.165, 1.54) is 24.3 Å². The van der Waals surface area contributed by atoms with Crippen molar-refractivity contribution in [3.63, 3.8) is 0 Å². The molecule has 2 aliphatic carbocycles. The summed E-state index contributed by atoms with van der Waals surface area (Å²) in [6, 6.07) is 8.47. The average Bonchev–Trinajstić information content (AvgIpc) is 3.62. The number of nitrogens with one attached hydrogen (secondary N) is 1. The first kappa shape index (κ1) is 27.9. The summed E-state index contributed by atoms with van der Waals surface area (Å²) in [5, 5.41) is 2.94. The number of carbonyl (C=O) groups is 1. The predicted octanol–water partition coefficient (Wildman–Crippen LogP) is 5.42. The second kappa shape index (κ2) is 10.4. The molecule has 1 saturated heterocycles. The molecule has 5 rings (SSSR count). The zero-order valence-corrected chi connectivity index (χ0v) is 21.5. The molecule has 212 valence electrons. The topological polar surface area (TPSA) is 66.0 Å². The Morgan fingerprint density at radius 2 is 1.79 bits per heavy atom. The monoisotopic (exact) mass is 555 g/mol. The first-order chi connectivity index (χ1) is 18.4. The third-order valence-corrected chi connectivity index (χ3v) is 7.23. The fraction of sp³-hybridized carbons (Fsp3) is 0.536. The molecular formula is C28H30F5NO5. The molecular weight excluding hydrogens is 525 g/mol. The number of hydrogen-bond donors (Lipinski definition) is 1. The average molecular weight is 556 g/mol. The third-order valence-electron chi connectivity index (χ3n) is 7.23. The molecule has 1 amide bonds. The van der Waals surface area contributed by atoms with Crippen molar-refractivity contribution in [1.29, 1.82) is 0 Å². The minimum atomic E-state index is -4.53. The van der Waals surface area contributed by atoms with Crippen LogP contribution in [0, 0.1) is 11.6 Å². The van der Waals surface area contributed by atoms with Gasteiger partial charge in [0.1, 0.15) is 6.10 Å². The van der Waals surface area contributed by atoms with E-state index in [-0.39, 0.29) is 43.2 Å². The summed E-state index contributed by atoms with van der Waals surface area (Å²) in [5.41, 5.74) is -2.11. The summed E-state index contributed by atoms with van der Waals surface area (Å²) < 4.78 is 92.2. The van der Waals surface area contributed by atoms with Crippen molar-refractivity contribution in [2.24, 2.45) is 0 Å². The molecule has 2 aromatic rings. The molecule has 39 heavy (non-hydrogen) atoms. The molecule has 0 spiro atoms. The molecule has 6 nitrogen and oxygen atoms in total. The Labute approximate surface area is 222 Å². The number of halogens is 5. The molecule has 0 radical (unpaired) electrons. The van der Waals surface area contributed by atoms with Gasteiger partial charge in [0, 0.05) is 24.4 Å². The van der Waals surface area contributed by atoms with Crippen LogP contribution in [0.1, 0.15) is 56.2 Å². The quantitative estimate of drug-likeness (QED) is 0.441. The van der Waals surface area contributed by atoms with Crippen LogP contribution < -0.4 is 5.32 Å². The van der Waals surface area contributed by atoms with Gasteiger partial charge in [-0.3, -0.25) is 4.79 Å². The second-order valence-electron chi connectivity index (χ2n) is 10.8. The van der Waals surface area contributed by atoms with E-state index in [1.807, 2.05) is 0 Å². The van der Waals surface area contributed by atoms with Gasteiger partial charge in [0.05, 0.1) is 31.0 Å². The Morgan fingerprint density at radius 1 is 1.05 bits per heavy atom. The summed E-state index contributed by atoms with van der Waals surface area (Å²) in [6.45, 7) is 2.86.